The van der Waals surface area contributed by atoms with Crippen molar-refractivity contribution in [3.05, 3.63) is 22.8 Å². The molecule has 0 spiro atoms. The van der Waals surface area contributed by atoms with Crippen LogP contribution >= 0.6 is 11.6 Å². The number of halogens is 1. The number of nitrogens with two attached hydrogens (primary N) is 1. The number of rotatable bonds is 8. The van der Waals surface area contributed by atoms with Gasteiger partial charge < -0.3 is 10.5 Å². The van der Waals surface area contributed by atoms with E-state index < -0.39 is 0 Å². The highest BCUT2D eigenvalue weighted by atomic mass is 35.5. The van der Waals surface area contributed by atoms with Crippen molar-refractivity contribution in [3.8, 4) is 5.88 Å². The highest BCUT2D eigenvalue weighted by Gasteiger charge is 2.11. The van der Waals surface area contributed by atoms with Gasteiger partial charge in [0.05, 0.1) is 6.61 Å². The SMILES string of the molecule is CCCCC(CC)COc1nccc(CN)c1Cl. The van der Waals surface area contributed by atoms with Gasteiger partial charge in [0, 0.05) is 12.7 Å². The number of hydrogen-bond donors (Lipinski definition) is 1. The molecule has 0 radical (unpaired) electrons. The summed E-state index contributed by atoms with van der Waals surface area (Å²) in [6.07, 6.45) is 6.47. The molecule has 0 saturated heterocycles. The topological polar surface area (TPSA) is 48.1 Å². The Morgan fingerprint density at radius 3 is 2.83 bits per heavy atom. The molecule has 1 rings (SSSR count). The van der Waals surface area contributed by atoms with Crippen LogP contribution in [0.15, 0.2) is 12.3 Å². The van der Waals surface area contributed by atoms with E-state index in [4.69, 9.17) is 22.1 Å². The molecule has 0 aliphatic rings. The molecule has 0 saturated carbocycles. The third kappa shape index (κ3) is 4.46. The Morgan fingerprint density at radius 1 is 1.44 bits per heavy atom. The maximum absolute atomic E-state index is 6.17. The summed E-state index contributed by atoms with van der Waals surface area (Å²) in [5.74, 6) is 1.08. The third-order valence-electron chi connectivity index (χ3n) is 3.16. The summed E-state index contributed by atoms with van der Waals surface area (Å²) in [4.78, 5) is 4.16. The predicted molar refractivity (Wildman–Crippen MR) is 75.9 cm³/mol. The van der Waals surface area contributed by atoms with Crippen molar-refractivity contribution in [1.29, 1.82) is 0 Å². The van der Waals surface area contributed by atoms with Gasteiger partial charge in [-0.25, -0.2) is 4.98 Å². The Kier molecular flexibility index (Phi) is 7.06. The van der Waals surface area contributed by atoms with Crippen LogP contribution in [0, 0.1) is 5.92 Å². The lowest BCUT2D eigenvalue weighted by Crippen LogP contribution is -2.12. The Morgan fingerprint density at radius 2 is 2.22 bits per heavy atom. The van der Waals surface area contributed by atoms with Gasteiger partial charge in [0.25, 0.3) is 0 Å². The van der Waals surface area contributed by atoms with E-state index in [2.05, 4.69) is 18.8 Å². The highest BCUT2D eigenvalue weighted by molar-refractivity contribution is 6.32. The Balaban J connectivity index is 2.56. The zero-order valence-electron chi connectivity index (χ0n) is 11.3. The van der Waals surface area contributed by atoms with Crippen LogP contribution in [0.3, 0.4) is 0 Å². The van der Waals surface area contributed by atoms with Crippen molar-refractivity contribution in [1.82, 2.24) is 4.98 Å². The minimum atomic E-state index is 0.407. The molecular weight excluding hydrogens is 248 g/mol. The molecule has 3 nitrogen and oxygen atoms in total. The molecule has 1 aromatic heterocycles. The van der Waals surface area contributed by atoms with Crippen LogP contribution in [0.25, 0.3) is 0 Å². The Hall–Kier alpha value is -0.800. The van der Waals surface area contributed by atoms with Gasteiger partial charge >= 0.3 is 0 Å². The summed E-state index contributed by atoms with van der Waals surface area (Å²) in [5.41, 5.74) is 6.48. The number of aromatic nitrogens is 1. The fraction of sp³-hybridized carbons (Fsp3) is 0.643. The van der Waals surface area contributed by atoms with Gasteiger partial charge in [-0.2, -0.15) is 0 Å². The minimum Gasteiger partial charge on any atom is -0.476 e. The average molecular weight is 271 g/mol. The molecule has 1 heterocycles. The lowest BCUT2D eigenvalue weighted by molar-refractivity contribution is 0.226. The van der Waals surface area contributed by atoms with E-state index in [1.54, 1.807) is 6.20 Å². The van der Waals surface area contributed by atoms with Crippen LogP contribution in [-0.2, 0) is 6.54 Å². The average Bonchev–Trinajstić information content (AvgIpc) is 2.40. The number of hydrogen-bond acceptors (Lipinski definition) is 3. The molecule has 2 N–H and O–H groups in total. The summed E-state index contributed by atoms with van der Waals surface area (Å²) < 4.78 is 5.73. The molecule has 1 aromatic rings. The first-order valence-corrected chi connectivity index (χ1v) is 7.06. The third-order valence-corrected chi connectivity index (χ3v) is 3.56. The summed E-state index contributed by atoms with van der Waals surface area (Å²) >= 11 is 6.17. The number of pyridine rings is 1. The van der Waals surface area contributed by atoms with Crippen LogP contribution in [0.4, 0.5) is 0 Å². The van der Waals surface area contributed by atoms with Gasteiger partial charge in [-0.05, 0) is 24.0 Å². The van der Waals surface area contributed by atoms with Gasteiger partial charge in [-0.15, -0.1) is 0 Å². The summed E-state index contributed by atoms with van der Waals surface area (Å²) in [6.45, 7) is 5.48. The van der Waals surface area contributed by atoms with Gasteiger partial charge in [0.2, 0.25) is 5.88 Å². The fourth-order valence-electron chi connectivity index (χ4n) is 1.82. The highest BCUT2D eigenvalue weighted by Crippen LogP contribution is 2.26. The fourth-order valence-corrected chi connectivity index (χ4v) is 2.06. The van der Waals surface area contributed by atoms with E-state index in [-0.39, 0.29) is 0 Å². The van der Waals surface area contributed by atoms with E-state index in [0.29, 0.717) is 30.0 Å². The van der Waals surface area contributed by atoms with Crippen molar-refractivity contribution in [2.45, 2.75) is 46.1 Å². The van der Waals surface area contributed by atoms with Crippen LogP contribution in [-0.4, -0.2) is 11.6 Å². The monoisotopic (exact) mass is 270 g/mol. The summed E-state index contributed by atoms with van der Waals surface area (Å²) in [5, 5.41) is 0.547. The number of nitrogens with zero attached hydrogens (tertiary/aromatic N) is 1. The van der Waals surface area contributed by atoms with Crippen molar-refractivity contribution in [2.75, 3.05) is 6.61 Å². The molecule has 18 heavy (non-hydrogen) atoms. The second kappa shape index (κ2) is 8.33. The first-order chi connectivity index (χ1) is 8.72. The second-order valence-corrected chi connectivity index (χ2v) is 4.90. The molecule has 0 amide bonds. The standard InChI is InChI=1S/C14H23ClN2O/c1-3-5-6-11(4-2)10-18-14-13(15)12(9-16)7-8-17-14/h7-8,11H,3-6,9-10,16H2,1-2H3. The molecule has 0 aliphatic heterocycles. The van der Waals surface area contributed by atoms with Gasteiger partial charge in [-0.1, -0.05) is 44.7 Å². The molecule has 0 aromatic carbocycles. The van der Waals surface area contributed by atoms with Gasteiger partial charge in [-0.3, -0.25) is 0 Å². The molecule has 0 fully saturated rings. The Bertz CT molecular complexity index is 358. The zero-order chi connectivity index (χ0) is 13.4. The molecular formula is C14H23ClN2O. The normalized spacial score (nSPS) is 12.4. The smallest absolute Gasteiger partial charge is 0.232 e. The molecule has 1 atom stereocenters. The predicted octanol–water partition coefficient (Wildman–Crippen LogP) is 3.79. The molecule has 102 valence electrons. The maximum Gasteiger partial charge on any atom is 0.232 e. The number of ether oxygens (including phenoxy) is 1. The van der Waals surface area contributed by atoms with Crippen molar-refractivity contribution in [2.24, 2.45) is 11.7 Å². The zero-order valence-corrected chi connectivity index (χ0v) is 12.0. The van der Waals surface area contributed by atoms with E-state index in [1.165, 1.54) is 19.3 Å². The quantitative estimate of drug-likeness (QED) is 0.782. The van der Waals surface area contributed by atoms with Gasteiger partial charge in [0.1, 0.15) is 5.02 Å². The van der Waals surface area contributed by atoms with Gasteiger partial charge in [0.15, 0.2) is 0 Å². The van der Waals surface area contributed by atoms with Crippen LogP contribution in [0.2, 0.25) is 5.02 Å². The van der Waals surface area contributed by atoms with E-state index >= 15 is 0 Å². The van der Waals surface area contributed by atoms with E-state index in [9.17, 15) is 0 Å². The first-order valence-electron chi connectivity index (χ1n) is 6.69. The molecule has 4 heteroatoms. The van der Waals surface area contributed by atoms with E-state index in [1.807, 2.05) is 6.07 Å². The second-order valence-electron chi connectivity index (χ2n) is 4.52. The number of unbranched alkanes of at least 4 members (excludes halogenated alkanes) is 1. The Labute approximate surface area is 115 Å². The first kappa shape index (κ1) is 15.3. The van der Waals surface area contributed by atoms with Crippen molar-refractivity contribution < 1.29 is 4.74 Å². The largest absolute Gasteiger partial charge is 0.476 e. The lowest BCUT2D eigenvalue weighted by Gasteiger charge is -2.16. The minimum absolute atomic E-state index is 0.407. The lowest BCUT2D eigenvalue weighted by atomic mass is 10.0. The maximum atomic E-state index is 6.17. The molecule has 0 aliphatic carbocycles. The summed E-state index contributed by atoms with van der Waals surface area (Å²) in [6, 6.07) is 1.82. The van der Waals surface area contributed by atoms with E-state index in [0.717, 1.165) is 12.0 Å². The van der Waals surface area contributed by atoms with Crippen LogP contribution in [0.1, 0.15) is 45.1 Å². The van der Waals surface area contributed by atoms with Crippen LogP contribution in [0.5, 0.6) is 5.88 Å². The molecule has 0 bridgehead atoms. The summed E-state index contributed by atoms with van der Waals surface area (Å²) in [7, 11) is 0. The van der Waals surface area contributed by atoms with Crippen LogP contribution < -0.4 is 10.5 Å². The van der Waals surface area contributed by atoms with Crippen molar-refractivity contribution in [3.63, 3.8) is 0 Å². The molecule has 1 unspecified atom stereocenters. The van der Waals surface area contributed by atoms with Crippen molar-refractivity contribution >= 4 is 11.6 Å².